The van der Waals surface area contributed by atoms with Gasteiger partial charge in [-0.2, -0.15) is 18.3 Å². The van der Waals surface area contributed by atoms with Gasteiger partial charge in [-0.25, -0.2) is 13.1 Å². The van der Waals surface area contributed by atoms with Crippen LogP contribution in [0.1, 0.15) is 17.8 Å². The number of alkyl halides is 3. The SMILES string of the molecule is Cc1cc(C(F)(F)F)nn1CCCNS(=O)(=O)c1cccc([N+](=O)[O-])c1. The summed E-state index contributed by atoms with van der Waals surface area (Å²) in [5.41, 5.74) is -1.06. The molecule has 0 aliphatic heterocycles. The van der Waals surface area contributed by atoms with Crippen LogP contribution in [-0.2, 0) is 22.7 Å². The molecule has 2 aromatic rings. The number of aryl methyl sites for hydroxylation is 2. The van der Waals surface area contributed by atoms with E-state index in [0.717, 1.165) is 22.9 Å². The summed E-state index contributed by atoms with van der Waals surface area (Å²) < 4.78 is 65.4. The molecule has 0 atom stereocenters. The fourth-order valence-corrected chi connectivity index (χ4v) is 3.27. The number of hydrogen-bond acceptors (Lipinski definition) is 5. The molecule has 0 unspecified atom stereocenters. The lowest BCUT2D eigenvalue weighted by atomic mass is 10.3. The number of non-ortho nitro benzene ring substituents is 1. The van der Waals surface area contributed by atoms with Gasteiger partial charge in [0.25, 0.3) is 5.69 Å². The lowest BCUT2D eigenvalue weighted by Crippen LogP contribution is -2.25. The molecule has 0 radical (unpaired) electrons. The average molecular weight is 392 g/mol. The fourth-order valence-electron chi connectivity index (χ4n) is 2.16. The number of nitrogens with one attached hydrogen (secondary N) is 1. The Hall–Kier alpha value is -2.47. The maximum absolute atomic E-state index is 12.6. The molecule has 0 bridgehead atoms. The van der Waals surface area contributed by atoms with Crippen molar-refractivity contribution in [1.29, 1.82) is 0 Å². The van der Waals surface area contributed by atoms with Crippen molar-refractivity contribution in [2.24, 2.45) is 0 Å². The van der Waals surface area contributed by atoms with Crippen LogP contribution in [0.2, 0.25) is 0 Å². The number of nitro benzene ring substituents is 1. The molecule has 1 N–H and O–H groups in total. The molecule has 1 heterocycles. The van der Waals surface area contributed by atoms with Crippen molar-refractivity contribution >= 4 is 15.7 Å². The number of halogens is 3. The number of nitro groups is 1. The van der Waals surface area contributed by atoms with Crippen LogP contribution in [0.4, 0.5) is 18.9 Å². The van der Waals surface area contributed by atoms with Gasteiger partial charge in [0.05, 0.1) is 9.82 Å². The third kappa shape index (κ3) is 4.79. The van der Waals surface area contributed by atoms with Crippen molar-refractivity contribution in [1.82, 2.24) is 14.5 Å². The molecule has 8 nitrogen and oxygen atoms in total. The van der Waals surface area contributed by atoms with Gasteiger partial charge in [-0.3, -0.25) is 14.8 Å². The highest BCUT2D eigenvalue weighted by molar-refractivity contribution is 7.89. The average Bonchev–Trinajstić information content (AvgIpc) is 2.93. The summed E-state index contributed by atoms with van der Waals surface area (Å²) in [5, 5.41) is 14.1. The van der Waals surface area contributed by atoms with E-state index in [-0.39, 0.29) is 30.1 Å². The van der Waals surface area contributed by atoms with Gasteiger partial charge in [-0.15, -0.1) is 0 Å². The lowest BCUT2D eigenvalue weighted by Gasteiger charge is -2.08. The van der Waals surface area contributed by atoms with Crippen molar-refractivity contribution in [3.8, 4) is 0 Å². The third-order valence-corrected chi connectivity index (χ3v) is 4.91. The quantitative estimate of drug-likeness (QED) is 0.443. The van der Waals surface area contributed by atoms with E-state index in [2.05, 4.69) is 9.82 Å². The zero-order valence-electron chi connectivity index (χ0n) is 13.5. The Labute approximate surface area is 146 Å². The van der Waals surface area contributed by atoms with E-state index in [4.69, 9.17) is 0 Å². The van der Waals surface area contributed by atoms with Crippen molar-refractivity contribution in [2.45, 2.75) is 31.0 Å². The van der Waals surface area contributed by atoms with Crippen LogP contribution >= 0.6 is 0 Å². The molecule has 2 rings (SSSR count). The summed E-state index contributed by atoms with van der Waals surface area (Å²) in [6, 6.07) is 5.46. The molecule has 1 aromatic carbocycles. The van der Waals surface area contributed by atoms with Crippen LogP contribution in [0.25, 0.3) is 0 Å². The molecular formula is C14H15F3N4O4S. The highest BCUT2D eigenvalue weighted by Crippen LogP contribution is 2.28. The van der Waals surface area contributed by atoms with Gasteiger partial charge < -0.3 is 0 Å². The summed E-state index contributed by atoms with van der Waals surface area (Å²) in [5.74, 6) is 0. The summed E-state index contributed by atoms with van der Waals surface area (Å²) in [7, 11) is -3.96. The molecule has 0 aliphatic carbocycles. The smallest absolute Gasteiger partial charge is 0.269 e. The van der Waals surface area contributed by atoms with E-state index in [9.17, 15) is 31.7 Å². The van der Waals surface area contributed by atoms with E-state index in [1.807, 2.05) is 0 Å². The van der Waals surface area contributed by atoms with Crippen LogP contribution in [-0.4, -0.2) is 29.7 Å². The first-order chi connectivity index (χ1) is 12.0. The van der Waals surface area contributed by atoms with Gasteiger partial charge in [-0.05, 0) is 25.5 Å². The second kappa shape index (κ2) is 7.41. The molecule has 0 spiro atoms. The predicted octanol–water partition coefficient (Wildman–Crippen LogP) is 2.49. The Kier molecular flexibility index (Phi) is 5.66. The summed E-state index contributed by atoms with van der Waals surface area (Å²) in [6.07, 6.45) is -4.35. The maximum Gasteiger partial charge on any atom is 0.435 e. The first kappa shape index (κ1) is 19.8. The maximum atomic E-state index is 12.6. The normalized spacial score (nSPS) is 12.3. The minimum Gasteiger partial charge on any atom is -0.269 e. The molecule has 142 valence electrons. The van der Waals surface area contributed by atoms with Gasteiger partial charge >= 0.3 is 6.18 Å². The molecule has 12 heteroatoms. The number of aromatic nitrogens is 2. The van der Waals surface area contributed by atoms with Gasteiger partial charge in [0.2, 0.25) is 10.0 Å². The van der Waals surface area contributed by atoms with Crippen molar-refractivity contribution in [3.63, 3.8) is 0 Å². The van der Waals surface area contributed by atoms with Gasteiger partial charge in [-0.1, -0.05) is 6.07 Å². The number of rotatable bonds is 7. The minimum absolute atomic E-state index is 0.0638. The number of benzene rings is 1. The summed E-state index contributed by atoms with van der Waals surface area (Å²) >= 11 is 0. The third-order valence-electron chi connectivity index (χ3n) is 3.45. The number of hydrogen-bond donors (Lipinski definition) is 1. The van der Waals surface area contributed by atoms with E-state index in [1.54, 1.807) is 0 Å². The molecule has 0 fully saturated rings. The van der Waals surface area contributed by atoms with Crippen LogP contribution in [0.15, 0.2) is 35.2 Å². The first-order valence-corrected chi connectivity index (χ1v) is 8.85. The minimum atomic E-state index is -4.54. The molecular weight excluding hydrogens is 377 g/mol. The van der Waals surface area contributed by atoms with E-state index >= 15 is 0 Å². The van der Waals surface area contributed by atoms with Crippen molar-refractivity contribution < 1.29 is 26.5 Å². The topological polar surface area (TPSA) is 107 Å². The molecule has 0 amide bonds. The predicted molar refractivity (Wildman–Crippen MR) is 84.9 cm³/mol. The van der Waals surface area contributed by atoms with Crippen molar-refractivity contribution in [2.75, 3.05) is 6.54 Å². The van der Waals surface area contributed by atoms with E-state index in [0.29, 0.717) is 5.69 Å². The highest BCUT2D eigenvalue weighted by Gasteiger charge is 2.34. The summed E-state index contributed by atoms with van der Waals surface area (Å²) in [6.45, 7) is 1.49. The summed E-state index contributed by atoms with van der Waals surface area (Å²) in [4.78, 5) is 9.73. The Morgan fingerprint density at radius 1 is 1.31 bits per heavy atom. The van der Waals surface area contributed by atoms with E-state index in [1.165, 1.54) is 19.1 Å². The Morgan fingerprint density at radius 2 is 2.00 bits per heavy atom. The van der Waals surface area contributed by atoms with Crippen LogP contribution in [0.5, 0.6) is 0 Å². The molecule has 1 aromatic heterocycles. The van der Waals surface area contributed by atoms with Gasteiger partial charge in [0.1, 0.15) is 0 Å². The Balaban J connectivity index is 1.96. The van der Waals surface area contributed by atoms with Gasteiger partial charge in [0.15, 0.2) is 5.69 Å². The first-order valence-electron chi connectivity index (χ1n) is 7.36. The van der Waals surface area contributed by atoms with Crippen LogP contribution < -0.4 is 4.72 Å². The van der Waals surface area contributed by atoms with Crippen molar-refractivity contribution in [3.05, 3.63) is 51.8 Å². The van der Waals surface area contributed by atoms with Crippen LogP contribution in [0.3, 0.4) is 0 Å². The van der Waals surface area contributed by atoms with Crippen LogP contribution in [0, 0.1) is 17.0 Å². The molecule has 0 aliphatic rings. The number of sulfonamides is 1. The zero-order valence-corrected chi connectivity index (χ0v) is 14.3. The zero-order chi connectivity index (χ0) is 19.5. The van der Waals surface area contributed by atoms with Gasteiger partial charge in [0, 0.05) is 30.9 Å². The Morgan fingerprint density at radius 3 is 2.58 bits per heavy atom. The largest absolute Gasteiger partial charge is 0.435 e. The lowest BCUT2D eigenvalue weighted by molar-refractivity contribution is -0.385. The number of nitrogens with zero attached hydrogens (tertiary/aromatic N) is 3. The molecule has 0 saturated carbocycles. The standard InChI is InChI=1S/C14H15F3N4O4S/c1-10-8-13(14(15,16)17)19-20(10)7-3-6-18-26(24,25)12-5-2-4-11(9-12)21(22)23/h2,4-5,8-9,18H,3,6-7H2,1H3. The highest BCUT2D eigenvalue weighted by atomic mass is 32.2. The second-order valence-corrected chi connectivity index (χ2v) is 7.16. The molecule has 26 heavy (non-hydrogen) atoms. The molecule has 0 saturated heterocycles. The Bertz CT molecular complexity index is 909. The second-order valence-electron chi connectivity index (χ2n) is 5.40. The van der Waals surface area contributed by atoms with E-state index < -0.39 is 26.8 Å². The fraction of sp³-hybridized carbons (Fsp3) is 0.357. The monoisotopic (exact) mass is 392 g/mol.